The molecule has 0 saturated carbocycles. The molecule has 1 aromatic rings. The average molecular weight is 269 g/mol. The number of esters is 1. The first kappa shape index (κ1) is 13.9. The summed E-state index contributed by atoms with van der Waals surface area (Å²) in [6.07, 6.45) is 2.72. The molecule has 5 heteroatoms. The SMILES string of the molecule is COC(=O)[C@H]1CCCCN1Cc1ccc(F)c(F)c1. The molecule has 0 amide bonds. The molecule has 0 aromatic heterocycles. The Morgan fingerprint density at radius 3 is 2.84 bits per heavy atom. The quantitative estimate of drug-likeness (QED) is 0.790. The fraction of sp³-hybridized carbons (Fsp3) is 0.500. The second kappa shape index (κ2) is 6.10. The Kier molecular flexibility index (Phi) is 4.47. The van der Waals surface area contributed by atoms with E-state index in [1.165, 1.54) is 13.2 Å². The number of methoxy groups -OCH3 is 1. The molecule has 0 N–H and O–H groups in total. The van der Waals surface area contributed by atoms with Crippen molar-refractivity contribution in [2.45, 2.75) is 31.8 Å². The first-order valence-corrected chi connectivity index (χ1v) is 6.37. The number of hydrogen-bond donors (Lipinski definition) is 0. The summed E-state index contributed by atoms with van der Waals surface area (Å²) in [5.41, 5.74) is 0.662. The van der Waals surface area contributed by atoms with Gasteiger partial charge in [-0.2, -0.15) is 0 Å². The minimum absolute atomic E-state index is 0.262. The molecule has 0 radical (unpaired) electrons. The highest BCUT2D eigenvalue weighted by molar-refractivity contribution is 5.75. The van der Waals surface area contributed by atoms with Gasteiger partial charge < -0.3 is 4.74 Å². The molecule has 1 saturated heterocycles. The van der Waals surface area contributed by atoms with Gasteiger partial charge in [-0.05, 0) is 37.1 Å². The first-order chi connectivity index (χ1) is 9.11. The number of piperidine rings is 1. The predicted molar refractivity (Wildman–Crippen MR) is 66.4 cm³/mol. The van der Waals surface area contributed by atoms with Gasteiger partial charge in [0.15, 0.2) is 11.6 Å². The first-order valence-electron chi connectivity index (χ1n) is 6.37. The van der Waals surface area contributed by atoms with Gasteiger partial charge in [0.05, 0.1) is 7.11 Å². The molecular weight excluding hydrogens is 252 g/mol. The Labute approximate surface area is 111 Å². The van der Waals surface area contributed by atoms with Crippen molar-refractivity contribution in [3.05, 3.63) is 35.4 Å². The molecule has 1 fully saturated rings. The monoisotopic (exact) mass is 269 g/mol. The number of rotatable bonds is 3. The molecule has 0 spiro atoms. The summed E-state index contributed by atoms with van der Waals surface area (Å²) in [4.78, 5) is 13.7. The summed E-state index contributed by atoms with van der Waals surface area (Å²) < 4.78 is 30.8. The summed E-state index contributed by atoms with van der Waals surface area (Å²) in [5.74, 6) is -1.97. The standard InChI is InChI=1S/C14H17F2NO2/c1-19-14(18)13-4-2-3-7-17(13)9-10-5-6-11(15)12(16)8-10/h5-6,8,13H,2-4,7,9H2,1H3/t13-/m1/s1. The van der Waals surface area contributed by atoms with Crippen LogP contribution in [-0.4, -0.2) is 30.6 Å². The second-order valence-electron chi connectivity index (χ2n) is 4.75. The van der Waals surface area contributed by atoms with Crippen molar-refractivity contribution in [1.29, 1.82) is 0 Å². The van der Waals surface area contributed by atoms with Crippen LogP contribution in [0.5, 0.6) is 0 Å². The van der Waals surface area contributed by atoms with Gasteiger partial charge in [0, 0.05) is 6.54 Å². The van der Waals surface area contributed by atoms with Crippen molar-refractivity contribution in [3.8, 4) is 0 Å². The molecule has 1 aliphatic rings. The van der Waals surface area contributed by atoms with E-state index in [1.807, 2.05) is 4.90 Å². The third kappa shape index (κ3) is 3.29. The molecule has 104 valence electrons. The minimum Gasteiger partial charge on any atom is -0.468 e. The highest BCUT2D eigenvalue weighted by Crippen LogP contribution is 2.21. The average Bonchev–Trinajstić information content (AvgIpc) is 2.43. The Morgan fingerprint density at radius 1 is 1.37 bits per heavy atom. The summed E-state index contributed by atoms with van der Waals surface area (Å²) in [6.45, 7) is 1.19. The lowest BCUT2D eigenvalue weighted by molar-refractivity contribution is -0.148. The van der Waals surface area contributed by atoms with Crippen molar-refractivity contribution in [2.75, 3.05) is 13.7 Å². The third-order valence-corrected chi connectivity index (χ3v) is 3.46. The second-order valence-corrected chi connectivity index (χ2v) is 4.75. The van der Waals surface area contributed by atoms with Crippen LogP contribution in [0, 0.1) is 11.6 Å². The van der Waals surface area contributed by atoms with Crippen LogP contribution in [0.2, 0.25) is 0 Å². The lowest BCUT2D eigenvalue weighted by Crippen LogP contribution is -2.44. The van der Waals surface area contributed by atoms with E-state index in [0.29, 0.717) is 12.1 Å². The van der Waals surface area contributed by atoms with Crippen LogP contribution < -0.4 is 0 Å². The molecule has 1 heterocycles. The van der Waals surface area contributed by atoms with Crippen LogP contribution in [0.25, 0.3) is 0 Å². The number of likely N-dealkylation sites (tertiary alicyclic amines) is 1. The summed E-state index contributed by atoms with van der Waals surface area (Å²) in [5, 5.41) is 0. The summed E-state index contributed by atoms with van der Waals surface area (Å²) in [7, 11) is 1.37. The lowest BCUT2D eigenvalue weighted by atomic mass is 10.0. The molecule has 1 aromatic carbocycles. The van der Waals surface area contributed by atoms with E-state index in [1.54, 1.807) is 6.07 Å². The summed E-state index contributed by atoms with van der Waals surface area (Å²) >= 11 is 0. The lowest BCUT2D eigenvalue weighted by Gasteiger charge is -2.33. The molecule has 3 nitrogen and oxygen atoms in total. The molecular formula is C14H17F2NO2. The van der Waals surface area contributed by atoms with Crippen LogP contribution in [-0.2, 0) is 16.1 Å². The molecule has 19 heavy (non-hydrogen) atoms. The zero-order valence-electron chi connectivity index (χ0n) is 10.9. The number of benzene rings is 1. The highest BCUT2D eigenvalue weighted by atomic mass is 19.2. The van der Waals surface area contributed by atoms with Crippen molar-refractivity contribution in [2.24, 2.45) is 0 Å². The van der Waals surface area contributed by atoms with Crippen LogP contribution in [0.15, 0.2) is 18.2 Å². The van der Waals surface area contributed by atoms with Crippen LogP contribution in [0.1, 0.15) is 24.8 Å². The Morgan fingerprint density at radius 2 is 2.16 bits per heavy atom. The van der Waals surface area contributed by atoms with Crippen LogP contribution in [0.4, 0.5) is 8.78 Å². The van der Waals surface area contributed by atoms with Gasteiger partial charge in [0.1, 0.15) is 6.04 Å². The molecule has 0 aliphatic carbocycles. The van der Waals surface area contributed by atoms with Gasteiger partial charge in [-0.15, -0.1) is 0 Å². The van der Waals surface area contributed by atoms with Gasteiger partial charge in [0.2, 0.25) is 0 Å². The largest absolute Gasteiger partial charge is 0.468 e. The molecule has 1 atom stereocenters. The van der Waals surface area contributed by atoms with E-state index in [2.05, 4.69) is 0 Å². The third-order valence-electron chi connectivity index (χ3n) is 3.46. The van der Waals surface area contributed by atoms with Crippen molar-refractivity contribution in [3.63, 3.8) is 0 Å². The number of carbonyl (C=O) groups is 1. The zero-order chi connectivity index (χ0) is 13.8. The predicted octanol–water partition coefficient (Wildman–Crippen LogP) is 2.49. The van der Waals surface area contributed by atoms with Crippen molar-refractivity contribution >= 4 is 5.97 Å². The normalized spacial score (nSPS) is 20.3. The summed E-state index contributed by atoms with van der Waals surface area (Å²) in [6, 6.07) is 3.55. The van der Waals surface area contributed by atoms with E-state index in [9.17, 15) is 13.6 Å². The van der Waals surface area contributed by atoms with E-state index in [4.69, 9.17) is 4.74 Å². The van der Waals surface area contributed by atoms with Gasteiger partial charge in [-0.25, -0.2) is 8.78 Å². The van der Waals surface area contributed by atoms with Gasteiger partial charge >= 0.3 is 5.97 Å². The van der Waals surface area contributed by atoms with Crippen molar-refractivity contribution in [1.82, 2.24) is 4.90 Å². The number of hydrogen-bond acceptors (Lipinski definition) is 3. The van der Waals surface area contributed by atoms with E-state index < -0.39 is 11.6 Å². The maximum atomic E-state index is 13.2. The Bertz CT molecular complexity index is 465. The smallest absolute Gasteiger partial charge is 0.323 e. The van der Waals surface area contributed by atoms with Crippen molar-refractivity contribution < 1.29 is 18.3 Å². The number of ether oxygens (including phenoxy) is 1. The van der Waals surface area contributed by atoms with Crippen LogP contribution in [0.3, 0.4) is 0 Å². The van der Waals surface area contributed by atoms with Gasteiger partial charge in [-0.3, -0.25) is 9.69 Å². The molecule has 1 aliphatic heterocycles. The van der Waals surface area contributed by atoms with Crippen LogP contribution >= 0.6 is 0 Å². The van der Waals surface area contributed by atoms with E-state index >= 15 is 0 Å². The minimum atomic E-state index is -0.857. The number of halogens is 2. The van der Waals surface area contributed by atoms with E-state index in [0.717, 1.165) is 31.9 Å². The van der Waals surface area contributed by atoms with Gasteiger partial charge in [0.25, 0.3) is 0 Å². The van der Waals surface area contributed by atoms with Gasteiger partial charge in [-0.1, -0.05) is 12.5 Å². The fourth-order valence-electron chi connectivity index (χ4n) is 2.46. The molecule has 0 bridgehead atoms. The fourth-order valence-corrected chi connectivity index (χ4v) is 2.46. The molecule has 0 unspecified atom stereocenters. The maximum absolute atomic E-state index is 13.2. The molecule has 2 rings (SSSR count). The topological polar surface area (TPSA) is 29.5 Å². The maximum Gasteiger partial charge on any atom is 0.323 e. The zero-order valence-corrected chi connectivity index (χ0v) is 10.9. The number of nitrogens with zero attached hydrogens (tertiary/aromatic N) is 1. The highest BCUT2D eigenvalue weighted by Gasteiger charge is 2.29. The Balaban J connectivity index is 2.10. The van der Waals surface area contributed by atoms with E-state index in [-0.39, 0.29) is 12.0 Å². The Hall–Kier alpha value is -1.49. The number of carbonyl (C=O) groups excluding carboxylic acids is 1.